The molecule has 2 rings (SSSR count). The van der Waals surface area contributed by atoms with E-state index < -0.39 is 11.9 Å². The summed E-state index contributed by atoms with van der Waals surface area (Å²) in [7, 11) is 4.00. The SMILES string of the molecule is COC(=O)c1cc(OC)c(OCCCCCCc2ccccc2)c(C(=O)OC)c1. The molecule has 0 saturated carbocycles. The first-order valence-corrected chi connectivity index (χ1v) is 9.66. The lowest BCUT2D eigenvalue weighted by atomic mass is 10.1. The molecule has 6 heteroatoms. The third-order valence-electron chi connectivity index (χ3n) is 4.55. The fourth-order valence-corrected chi connectivity index (χ4v) is 3.00. The Bertz CT molecular complexity index is 801. The first-order chi connectivity index (χ1) is 14.1. The molecule has 156 valence electrons. The van der Waals surface area contributed by atoms with Gasteiger partial charge in [-0.05, 0) is 37.0 Å². The van der Waals surface area contributed by atoms with Crippen LogP contribution in [0.25, 0.3) is 0 Å². The second-order valence-corrected chi connectivity index (χ2v) is 6.54. The van der Waals surface area contributed by atoms with Gasteiger partial charge in [-0.2, -0.15) is 0 Å². The molecule has 0 aliphatic carbocycles. The van der Waals surface area contributed by atoms with E-state index in [9.17, 15) is 9.59 Å². The lowest BCUT2D eigenvalue weighted by Crippen LogP contribution is -2.11. The van der Waals surface area contributed by atoms with E-state index in [1.54, 1.807) is 0 Å². The highest BCUT2D eigenvalue weighted by Gasteiger charge is 2.22. The number of rotatable bonds is 11. The van der Waals surface area contributed by atoms with Crippen molar-refractivity contribution in [2.45, 2.75) is 32.1 Å². The maximum Gasteiger partial charge on any atom is 0.341 e. The molecule has 0 atom stereocenters. The molecule has 0 N–H and O–H groups in total. The maximum atomic E-state index is 12.2. The van der Waals surface area contributed by atoms with E-state index in [0.717, 1.165) is 32.1 Å². The van der Waals surface area contributed by atoms with Crippen molar-refractivity contribution >= 4 is 11.9 Å². The molecule has 0 unspecified atom stereocenters. The summed E-state index contributed by atoms with van der Waals surface area (Å²) in [5, 5.41) is 0. The van der Waals surface area contributed by atoms with E-state index in [2.05, 4.69) is 24.3 Å². The van der Waals surface area contributed by atoms with Crippen molar-refractivity contribution in [2.24, 2.45) is 0 Å². The summed E-state index contributed by atoms with van der Waals surface area (Å²) in [6.07, 6.45) is 5.15. The molecule has 0 aromatic heterocycles. The predicted molar refractivity (Wildman–Crippen MR) is 110 cm³/mol. The van der Waals surface area contributed by atoms with Crippen LogP contribution in [0, 0.1) is 0 Å². The number of unbranched alkanes of at least 4 members (excludes halogenated alkanes) is 3. The van der Waals surface area contributed by atoms with Gasteiger partial charge in [0.1, 0.15) is 5.56 Å². The molecule has 0 radical (unpaired) electrons. The molecule has 0 fully saturated rings. The average Bonchev–Trinajstić information content (AvgIpc) is 2.77. The second-order valence-electron chi connectivity index (χ2n) is 6.54. The number of benzene rings is 2. The van der Waals surface area contributed by atoms with Crippen molar-refractivity contribution in [2.75, 3.05) is 27.9 Å². The number of ether oxygens (including phenoxy) is 4. The molecule has 0 bridgehead atoms. The highest BCUT2D eigenvalue weighted by molar-refractivity contribution is 5.98. The third kappa shape index (κ3) is 6.52. The Hall–Kier alpha value is -3.02. The Morgan fingerprint density at radius 1 is 0.828 bits per heavy atom. The standard InChI is InChI=1S/C23H28O6/c1-26-20-16-18(22(24)27-2)15-19(23(25)28-3)21(20)29-14-10-5-4-7-11-17-12-8-6-9-13-17/h6,8-9,12-13,15-16H,4-5,7,10-11,14H2,1-3H3. The van der Waals surface area contributed by atoms with Gasteiger partial charge in [-0.1, -0.05) is 43.2 Å². The summed E-state index contributed by atoms with van der Waals surface area (Å²) >= 11 is 0. The molecular formula is C23H28O6. The fraction of sp³-hybridized carbons (Fsp3) is 0.391. The normalized spacial score (nSPS) is 10.3. The van der Waals surface area contributed by atoms with Crippen molar-refractivity contribution in [3.63, 3.8) is 0 Å². The highest BCUT2D eigenvalue weighted by atomic mass is 16.5. The number of aryl methyl sites for hydroxylation is 1. The number of methoxy groups -OCH3 is 3. The van der Waals surface area contributed by atoms with Crippen molar-refractivity contribution in [1.82, 2.24) is 0 Å². The minimum absolute atomic E-state index is 0.135. The molecule has 0 heterocycles. The van der Waals surface area contributed by atoms with Crippen LogP contribution in [0.1, 0.15) is 52.0 Å². The van der Waals surface area contributed by atoms with E-state index in [1.165, 1.54) is 39.0 Å². The van der Waals surface area contributed by atoms with Crippen LogP contribution in [0.2, 0.25) is 0 Å². The number of hydrogen-bond donors (Lipinski definition) is 0. The van der Waals surface area contributed by atoms with E-state index in [-0.39, 0.29) is 22.6 Å². The summed E-state index contributed by atoms with van der Waals surface area (Å²) in [4.78, 5) is 24.0. The summed E-state index contributed by atoms with van der Waals surface area (Å²) in [5.41, 5.74) is 1.68. The lowest BCUT2D eigenvalue weighted by Gasteiger charge is -2.15. The van der Waals surface area contributed by atoms with Crippen molar-refractivity contribution < 1.29 is 28.5 Å². The van der Waals surface area contributed by atoms with Crippen LogP contribution in [-0.4, -0.2) is 39.9 Å². The van der Waals surface area contributed by atoms with Gasteiger partial charge in [-0.25, -0.2) is 9.59 Å². The van der Waals surface area contributed by atoms with Crippen LogP contribution >= 0.6 is 0 Å². The van der Waals surface area contributed by atoms with E-state index >= 15 is 0 Å². The fourth-order valence-electron chi connectivity index (χ4n) is 3.00. The molecule has 0 amide bonds. The zero-order chi connectivity index (χ0) is 21.1. The third-order valence-corrected chi connectivity index (χ3v) is 4.55. The molecule has 2 aromatic rings. The van der Waals surface area contributed by atoms with Gasteiger partial charge < -0.3 is 18.9 Å². The minimum Gasteiger partial charge on any atom is -0.493 e. The average molecular weight is 400 g/mol. The van der Waals surface area contributed by atoms with Gasteiger partial charge in [0.25, 0.3) is 0 Å². The molecular weight excluding hydrogens is 372 g/mol. The van der Waals surface area contributed by atoms with Gasteiger partial charge >= 0.3 is 11.9 Å². The quantitative estimate of drug-likeness (QED) is 0.410. The van der Waals surface area contributed by atoms with Gasteiger partial charge in [0.15, 0.2) is 11.5 Å². The summed E-state index contributed by atoms with van der Waals surface area (Å²) < 4.78 is 20.7. The van der Waals surface area contributed by atoms with Crippen LogP contribution in [0.5, 0.6) is 11.5 Å². The number of carbonyl (C=O) groups excluding carboxylic acids is 2. The summed E-state index contributed by atoms with van der Waals surface area (Å²) in [6, 6.07) is 13.3. The Morgan fingerprint density at radius 2 is 1.52 bits per heavy atom. The number of hydrogen-bond acceptors (Lipinski definition) is 6. The zero-order valence-corrected chi connectivity index (χ0v) is 17.2. The van der Waals surface area contributed by atoms with Crippen LogP contribution in [0.3, 0.4) is 0 Å². The maximum absolute atomic E-state index is 12.2. The molecule has 29 heavy (non-hydrogen) atoms. The topological polar surface area (TPSA) is 71.1 Å². The Labute approximate surface area is 171 Å². The smallest absolute Gasteiger partial charge is 0.341 e. The van der Waals surface area contributed by atoms with Crippen LogP contribution < -0.4 is 9.47 Å². The molecule has 0 saturated heterocycles. The molecule has 2 aromatic carbocycles. The first-order valence-electron chi connectivity index (χ1n) is 9.66. The number of esters is 2. The van der Waals surface area contributed by atoms with Crippen LogP contribution in [0.15, 0.2) is 42.5 Å². The van der Waals surface area contributed by atoms with E-state index in [4.69, 9.17) is 18.9 Å². The van der Waals surface area contributed by atoms with E-state index in [0.29, 0.717) is 6.61 Å². The summed E-state index contributed by atoms with van der Waals surface area (Å²) in [5.74, 6) is -0.612. The van der Waals surface area contributed by atoms with Crippen molar-refractivity contribution in [3.8, 4) is 11.5 Å². The van der Waals surface area contributed by atoms with Crippen LogP contribution in [0.4, 0.5) is 0 Å². The van der Waals surface area contributed by atoms with E-state index in [1.807, 2.05) is 6.07 Å². The Balaban J connectivity index is 1.92. The monoisotopic (exact) mass is 400 g/mol. The Kier molecular flexibility index (Phi) is 9.02. The minimum atomic E-state index is -0.605. The molecule has 0 aliphatic heterocycles. The second kappa shape index (κ2) is 11.7. The lowest BCUT2D eigenvalue weighted by molar-refractivity contribution is 0.0594. The van der Waals surface area contributed by atoms with Gasteiger partial charge in [0.05, 0.1) is 33.5 Å². The van der Waals surface area contributed by atoms with Crippen LogP contribution in [-0.2, 0) is 15.9 Å². The first kappa shape index (κ1) is 22.3. The van der Waals surface area contributed by atoms with Crippen molar-refractivity contribution in [1.29, 1.82) is 0 Å². The predicted octanol–water partition coefficient (Wildman–Crippen LogP) is 4.45. The highest BCUT2D eigenvalue weighted by Crippen LogP contribution is 2.34. The summed E-state index contributed by atoms with van der Waals surface area (Å²) in [6.45, 7) is 0.434. The van der Waals surface area contributed by atoms with Gasteiger partial charge in [0, 0.05) is 0 Å². The van der Waals surface area contributed by atoms with Gasteiger partial charge in [-0.3, -0.25) is 0 Å². The molecule has 0 aliphatic rings. The molecule has 0 spiro atoms. The Morgan fingerprint density at radius 3 is 2.17 bits per heavy atom. The zero-order valence-electron chi connectivity index (χ0n) is 17.2. The van der Waals surface area contributed by atoms with Crippen molar-refractivity contribution in [3.05, 3.63) is 59.2 Å². The largest absolute Gasteiger partial charge is 0.493 e. The van der Waals surface area contributed by atoms with Gasteiger partial charge in [-0.15, -0.1) is 0 Å². The molecule has 6 nitrogen and oxygen atoms in total. The van der Waals surface area contributed by atoms with Gasteiger partial charge in [0.2, 0.25) is 0 Å². The number of carbonyl (C=O) groups is 2.